The Morgan fingerprint density at radius 1 is 1.03 bits per heavy atom. The number of hydrogen-bond acceptors (Lipinski definition) is 4. The van der Waals surface area contributed by atoms with Crippen molar-refractivity contribution >= 4 is 27.5 Å². The van der Waals surface area contributed by atoms with E-state index in [4.69, 9.17) is 0 Å². The van der Waals surface area contributed by atoms with Crippen molar-refractivity contribution in [2.24, 2.45) is 0 Å². The third kappa shape index (κ3) is 8.98. The van der Waals surface area contributed by atoms with E-state index in [1.54, 1.807) is 6.92 Å². The van der Waals surface area contributed by atoms with Crippen LogP contribution in [0.3, 0.4) is 0 Å². The molecule has 2 amide bonds. The van der Waals surface area contributed by atoms with Gasteiger partial charge in [0, 0.05) is 25.0 Å². The van der Waals surface area contributed by atoms with Crippen LogP contribution < -0.4 is 9.62 Å². The normalized spacial score (nSPS) is 12.7. The fraction of sp³-hybridized carbons (Fsp3) is 0.462. The molecular weight excluding hydrogens is 469 g/mol. The number of carbonyl (C=O) groups excluding carboxylic acids is 2. The predicted molar refractivity (Wildman–Crippen MR) is 137 cm³/mol. The molecule has 192 valence electrons. The number of nitrogens with zero attached hydrogens (tertiary/aromatic N) is 2. The average Bonchev–Trinajstić information content (AvgIpc) is 2.74. The number of amides is 2. The van der Waals surface area contributed by atoms with E-state index in [9.17, 15) is 22.4 Å². The van der Waals surface area contributed by atoms with Crippen LogP contribution in [0.4, 0.5) is 10.1 Å². The van der Waals surface area contributed by atoms with Gasteiger partial charge in [-0.1, -0.05) is 29.8 Å². The van der Waals surface area contributed by atoms with Crippen molar-refractivity contribution in [2.45, 2.75) is 65.6 Å². The lowest BCUT2D eigenvalue weighted by Gasteiger charge is -2.32. The SMILES string of the molecule is Cc1ccc(CN(C(=O)CCCN(c2ccc(F)cc2)S(C)(=O)=O)C(C)C(=O)NC(C)(C)C)cc1. The summed E-state index contributed by atoms with van der Waals surface area (Å²) in [5, 5.41) is 2.92. The van der Waals surface area contributed by atoms with E-state index in [1.165, 1.54) is 29.2 Å². The first-order valence-electron chi connectivity index (χ1n) is 11.6. The smallest absolute Gasteiger partial charge is 0.242 e. The molecule has 35 heavy (non-hydrogen) atoms. The summed E-state index contributed by atoms with van der Waals surface area (Å²) < 4.78 is 39.1. The van der Waals surface area contributed by atoms with Crippen LogP contribution in [0.2, 0.25) is 0 Å². The predicted octanol–water partition coefficient (Wildman–Crippen LogP) is 4.01. The van der Waals surface area contributed by atoms with Gasteiger partial charge in [-0.15, -0.1) is 0 Å². The van der Waals surface area contributed by atoms with E-state index in [0.717, 1.165) is 21.7 Å². The number of nitrogens with one attached hydrogen (secondary N) is 1. The second kappa shape index (κ2) is 11.7. The third-order valence-electron chi connectivity index (χ3n) is 5.41. The second-order valence-electron chi connectivity index (χ2n) is 9.84. The van der Waals surface area contributed by atoms with Crippen molar-refractivity contribution in [3.05, 3.63) is 65.5 Å². The Morgan fingerprint density at radius 2 is 1.60 bits per heavy atom. The first-order chi connectivity index (χ1) is 16.2. The van der Waals surface area contributed by atoms with Crippen LogP contribution in [-0.2, 0) is 26.2 Å². The zero-order valence-corrected chi connectivity index (χ0v) is 22.2. The Kier molecular flexibility index (Phi) is 9.43. The Labute approximate surface area is 208 Å². The fourth-order valence-corrected chi connectivity index (χ4v) is 4.52. The molecule has 1 N–H and O–H groups in total. The molecule has 0 aliphatic rings. The molecule has 0 aliphatic carbocycles. The second-order valence-corrected chi connectivity index (χ2v) is 11.7. The summed E-state index contributed by atoms with van der Waals surface area (Å²) in [4.78, 5) is 27.6. The van der Waals surface area contributed by atoms with Gasteiger partial charge in [-0.3, -0.25) is 13.9 Å². The van der Waals surface area contributed by atoms with E-state index in [0.29, 0.717) is 5.69 Å². The van der Waals surface area contributed by atoms with Gasteiger partial charge >= 0.3 is 0 Å². The van der Waals surface area contributed by atoms with Crippen molar-refractivity contribution in [3.8, 4) is 0 Å². The number of carbonyl (C=O) groups is 2. The molecule has 0 radical (unpaired) electrons. The molecule has 2 aromatic rings. The van der Waals surface area contributed by atoms with Gasteiger partial charge in [0.15, 0.2) is 0 Å². The summed E-state index contributed by atoms with van der Waals surface area (Å²) in [7, 11) is -3.63. The molecule has 0 bridgehead atoms. The Balaban J connectivity index is 2.17. The minimum atomic E-state index is -3.63. The van der Waals surface area contributed by atoms with Gasteiger partial charge in [0.2, 0.25) is 21.8 Å². The lowest BCUT2D eigenvalue weighted by molar-refractivity contribution is -0.141. The standard InChI is InChI=1S/C26H36FN3O4S/c1-19-9-11-21(12-10-19)18-29(20(2)25(32)28-26(3,4)5)24(31)8-7-17-30(35(6,33)34)23-15-13-22(27)14-16-23/h9-16,20H,7-8,17-18H2,1-6H3,(H,28,32). The van der Waals surface area contributed by atoms with Gasteiger partial charge in [-0.25, -0.2) is 12.8 Å². The van der Waals surface area contributed by atoms with E-state index in [1.807, 2.05) is 52.0 Å². The summed E-state index contributed by atoms with van der Waals surface area (Å²) in [6.07, 6.45) is 1.36. The van der Waals surface area contributed by atoms with E-state index in [-0.39, 0.29) is 37.7 Å². The maximum Gasteiger partial charge on any atom is 0.242 e. The summed E-state index contributed by atoms with van der Waals surface area (Å²) in [5.41, 5.74) is 1.86. The number of benzene rings is 2. The van der Waals surface area contributed by atoms with Crippen LogP contribution >= 0.6 is 0 Å². The molecule has 0 aliphatic heterocycles. The maximum absolute atomic E-state index is 13.3. The highest BCUT2D eigenvalue weighted by molar-refractivity contribution is 7.92. The molecule has 9 heteroatoms. The molecule has 0 fully saturated rings. The molecule has 0 saturated heterocycles. The van der Waals surface area contributed by atoms with Crippen LogP contribution in [-0.4, -0.2) is 49.5 Å². The molecule has 1 atom stereocenters. The zero-order chi connectivity index (χ0) is 26.4. The number of sulfonamides is 1. The molecule has 1 unspecified atom stereocenters. The topological polar surface area (TPSA) is 86.8 Å². The molecule has 2 aromatic carbocycles. The van der Waals surface area contributed by atoms with E-state index in [2.05, 4.69) is 5.32 Å². The van der Waals surface area contributed by atoms with Crippen molar-refractivity contribution < 1.29 is 22.4 Å². The van der Waals surface area contributed by atoms with Gasteiger partial charge in [0.1, 0.15) is 11.9 Å². The summed E-state index contributed by atoms with van der Waals surface area (Å²) in [6, 6.07) is 12.2. The number of halogens is 1. The number of aryl methyl sites for hydroxylation is 1. The van der Waals surface area contributed by atoms with Crippen LogP contribution in [0.5, 0.6) is 0 Å². The van der Waals surface area contributed by atoms with Crippen molar-refractivity contribution in [1.82, 2.24) is 10.2 Å². The number of anilines is 1. The lowest BCUT2D eigenvalue weighted by Crippen LogP contribution is -2.52. The van der Waals surface area contributed by atoms with Gasteiger partial charge in [0.25, 0.3) is 0 Å². The molecule has 0 spiro atoms. The van der Waals surface area contributed by atoms with Crippen LogP contribution in [0.1, 0.15) is 51.7 Å². The minimum Gasteiger partial charge on any atom is -0.350 e. The van der Waals surface area contributed by atoms with Gasteiger partial charge < -0.3 is 10.2 Å². The summed E-state index contributed by atoms with van der Waals surface area (Å²) in [6.45, 7) is 9.59. The van der Waals surface area contributed by atoms with Crippen molar-refractivity contribution in [3.63, 3.8) is 0 Å². The minimum absolute atomic E-state index is 0.0478. The summed E-state index contributed by atoms with van der Waals surface area (Å²) >= 11 is 0. The Hall–Kier alpha value is -2.94. The highest BCUT2D eigenvalue weighted by Crippen LogP contribution is 2.20. The van der Waals surface area contributed by atoms with E-state index >= 15 is 0 Å². The quantitative estimate of drug-likeness (QED) is 0.529. The van der Waals surface area contributed by atoms with Crippen LogP contribution in [0.15, 0.2) is 48.5 Å². The third-order valence-corrected chi connectivity index (χ3v) is 6.60. The van der Waals surface area contributed by atoms with E-state index < -0.39 is 27.4 Å². The molecular formula is C26H36FN3O4S. The van der Waals surface area contributed by atoms with Crippen LogP contribution in [0.25, 0.3) is 0 Å². The summed E-state index contributed by atoms with van der Waals surface area (Å²) in [5.74, 6) is -0.983. The highest BCUT2D eigenvalue weighted by atomic mass is 32.2. The fourth-order valence-electron chi connectivity index (χ4n) is 3.56. The average molecular weight is 506 g/mol. The molecule has 2 rings (SSSR count). The number of rotatable bonds is 10. The van der Waals surface area contributed by atoms with Crippen molar-refractivity contribution in [2.75, 3.05) is 17.1 Å². The Bertz CT molecular complexity index is 1110. The molecule has 7 nitrogen and oxygen atoms in total. The highest BCUT2D eigenvalue weighted by Gasteiger charge is 2.28. The maximum atomic E-state index is 13.3. The molecule has 0 heterocycles. The zero-order valence-electron chi connectivity index (χ0n) is 21.3. The van der Waals surface area contributed by atoms with Gasteiger partial charge in [-0.05, 0) is 70.9 Å². The largest absolute Gasteiger partial charge is 0.350 e. The first-order valence-corrected chi connectivity index (χ1v) is 13.4. The lowest BCUT2D eigenvalue weighted by atomic mass is 10.1. The molecule has 0 aromatic heterocycles. The van der Waals surface area contributed by atoms with Crippen LogP contribution in [0, 0.1) is 12.7 Å². The van der Waals surface area contributed by atoms with Gasteiger partial charge in [-0.2, -0.15) is 0 Å². The van der Waals surface area contributed by atoms with Crippen molar-refractivity contribution in [1.29, 1.82) is 0 Å². The first kappa shape index (κ1) is 28.3. The Morgan fingerprint density at radius 3 is 2.11 bits per heavy atom. The molecule has 0 saturated carbocycles. The monoisotopic (exact) mass is 505 g/mol. The van der Waals surface area contributed by atoms with Gasteiger partial charge in [0.05, 0.1) is 11.9 Å². The number of hydrogen-bond donors (Lipinski definition) is 1.